The molecule has 5 heteroatoms. The number of carbonyl (C=O) groups excluding carboxylic acids is 1. The summed E-state index contributed by atoms with van der Waals surface area (Å²) in [4.78, 5) is 15.6. The monoisotopic (exact) mass is 272 g/mol. The lowest BCUT2D eigenvalue weighted by atomic mass is 10.2. The van der Waals surface area contributed by atoms with Gasteiger partial charge in [0.2, 0.25) is 11.9 Å². The number of aromatic nitrogens is 2. The van der Waals surface area contributed by atoms with Crippen LogP contribution >= 0.6 is 0 Å². The van der Waals surface area contributed by atoms with Crippen LogP contribution in [0.15, 0.2) is 30.5 Å². The third-order valence-corrected chi connectivity index (χ3v) is 2.80. The predicted octanol–water partition coefficient (Wildman–Crippen LogP) is 2.96. The normalized spacial score (nSPS) is 10.3. The van der Waals surface area contributed by atoms with E-state index in [0.29, 0.717) is 0 Å². The summed E-state index contributed by atoms with van der Waals surface area (Å²) < 4.78 is 2.00. The molecular weight excluding hydrogens is 252 g/mol. The number of rotatable bonds is 5. The summed E-state index contributed by atoms with van der Waals surface area (Å²) in [6, 6.07) is 7.70. The molecule has 1 aromatic heterocycles. The lowest BCUT2D eigenvalue weighted by Gasteiger charge is -2.10. The third kappa shape index (κ3) is 3.38. The Hall–Kier alpha value is -2.30. The van der Waals surface area contributed by atoms with Crippen molar-refractivity contribution in [3.63, 3.8) is 0 Å². The van der Waals surface area contributed by atoms with Gasteiger partial charge in [-0.2, -0.15) is 0 Å². The van der Waals surface area contributed by atoms with Gasteiger partial charge in [0.1, 0.15) is 0 Å². The van der Waals surface area contributed by atoms with Crippen LogP contribution in [0.1, 0.15) is 26.0 Å². The summed E-state index contributed by atoms with van der Waals surface area (Å²) in [5.41, 5.74) is 2.70. The fourth-order valence-electron chi connectivity index (χ4n) is 1.99. The lowest BCUT2D eigenvalue weighted by molar-refractivity contribution is -0.114. The SMILES string of the molecule is CCCNc1nc(C)cn1-c1cccc(NC(C)=O)c1. The summed E-state index contributed by atoms with van der Waals surface area (Å²) in [6.07, 6.45) is 3.02. The molecule has 0 spiro atoms. The molecule has 0 atom stereocenters. The standard InChI is InChI=1S/C15H20N4O/c1-4-8-16-15-17-11(2)10-19(15)14-7-5-6-13(9-14)18-12(3)20/h5-7,9-10H,4,8H2,1-3H3,(H,16,17)(H,18,20). The molecule has 1 aromatic carbocycles. The Balaban J connectivity index is 2.33. The molecule has 0 unspecified atom stereocenters. The molecule has 0 radical (unpaired) electrons. The molecule has 2 rings (SSSR count). The van der Waals surface area contributed by atoms with Gasteiger partial charge in [-0.15, -0.1) is 0 Å². The average molecular weight is 272 g/mol. The number of aryl methyl sites for hydroxylation is 1. The van der Waals surface area contributed by atoms with E-state index < -0.39 is 0 Å². The maximum absolute atomic E-state index is 11.1. The molecule has 2 N–H and O–H groups in total. The molecule has 0 bridgehead atoms. The van der Waals surface area contributed by atoms with Crippen molar-refractivity contribution in [2.45, 2.75) is 27.2 Å². The van der Waals surface area contributed by atoms with Crippen LogP contribution in [0.25, 0.3) is 5.69 Å². The number of benzene rings is 1. The van der Waals surface area contributed by atoms with Crippen molar-refractivity contribution in [3.05, 3.63) is 36.2 Å². The minimum absolute atomic E-state index is 0.0757. The van der Waals surface area contributed by atoms with Crippen molar-refractivity contribution >= 4 is 17.5 Å². The second kappa shape index (κ2) is 6.23. The fraction of sp³-hybridized carbons (Fsp3) is 0.333. The van der Waals surface area contributed by atoms with Gasteiger partial charge in [0.15, 0.2) is 0 Å². The number of nitrogens with one attached hydrogen (secondary N) is 2. The fourth-order valence-corrected chi connectivity index (χ4v) is 1.99. The molecular formula is C15H20N4O. The van der Waals surface area contributed by atoms with Crippen LogP contribution in [0, 0.1) is 6.92 Å². The van der Waals surface area contributed by atoms with E-state index in [1.54, 1.807) is 0 Å². The first-order valence-electron chi connectivity index (χ1n) is 6.78. The summed E-state index contributed by atoms with van der Waals surface area (Å²) in [6.45, 7) is 6.46. The van der Waals surface area contributed by atoms with Gasteiger partial charge >= 0.3 is 0 Å². The Labute approximate surface area is 119 Å². The van der Waals surface area contributed by atoms with Crippen LogP contribution in [0.3, 0.4) is 0 Å². The molecule has 5 nitrogen and oxygen atoms in total. The third-order valence-electron chi connectivity index (χ3n) is 2.80. The van der Waals surface area contributed by atoms with Gasteiger partial charge in [0.25, 0.3) is 0 Å². The van der Waals surface area contributed by atoms with E-state index in [1.165, 1.54) is 6.92 Å². The first kappa shape index (κ1) is 14.1. The molecule has 0 saturated heterocycles. The Bertz CT molecular complexity index is 604. The molecule has 0 fully saturated rings. The zero-order valence-corrected chi connectivity index (χ0v) is 12.1. The van der Waals surface area contributed by atoms with Gasteiger partial charge in [0, 0.05) is 25.4 Å². The van der Waals surface area contributed by atoms with Crippen LogP contribution in [-0.2, 0) is 4.79 Å². The van der Waals surface area contributed by atoms with Crippen LogP contribution in [0.2, 0.25) is 0 Å². The maximum atomic E-state index is 11.1. The van der Waals surface area contributed by atoms with Crippen molar-refractivity contribution in [1.29, 1.82) is 0 Å². The first-order valence-corrected chi connectivity index (χ1v) is 6.78. The largest absolute Gasteiger partial charge is 0.355 e. The van der Waals surface area contributed by atoms with Gasteiger partial charge in [-0.25, -0.2) is 4.98 Å². The van der Waals surface area contributed by atoms with Gasteiger partial charge in [0.05, 0.1) is 11.4 Å². The average Bonchev–Trinajstić information content (AvgIpc) is 2.77. The summed E-state index contributed by atoms with van der Waals surface area (Å²) in [5.74, 6) is 0.748. The van der Waals surface area contributed by atoms with E-state index in [1.807, 2.05) is 42.0 Å². The van der Waals surface area contributed by atoms with E-state index in [0.717, 1.165) is 36.0 Å². The van der Waals surface area contributed by atoms with E-state index in [4.69, 9.17) is 0 Å². The van der Waals surface area contributed by atoms with Crippen LogP contribution in [0.5, 0.6) is 0 Å². The Morgan fingerprint density at radius 3 is 2.90 bits per heavy atom. The molecule has 0 aliphatic heterocycles. The molecule has 1 heterocycles. The number of nitrogens with zero attached hydrogens (tertiary/aromatic N) is 2. The van der Waals surface area contributed by atoms with Crippen LogP contribution in [0.4, 0.5) is 11.6 Å². The molecule has 0 saturated carbocycles. The highest BCUT2D eigenvalue weighted by atomic mass is 16.1. The molecule has 0 aliphatic carbocycles. The smallest absolute Gasteiger partial charge is 0.221 e. The predicted molar refractivity (Wildman–Crippen MR) is 81.4 cm³/mol. The second-order valence-electron chi connectivity index (χ2n) is 4.73. The van der Waals surface area contributed by atoms with Crippen LogP contribution in [-0.4, -0.2) is 22.0 Å². The van der Waals surface area contributed by atoms with Crippen LogP contribution < -0.4 is 10.6 Å². The number of carbonyl (C=O) groups is 1. The molecule has 20 heavy (non-hydrogen) atoms. The minimum atomic E-state index is -0.0757. The number of hydrogen-bond acceptors (Lipinski definition) is 3. The minimum Gasteiger partial charge on any atom is -0.355 e. The molecule has 106 valence electrons. The van der Waals surface area contributed by atoms with Gasteiger partial charge in [-0.1, -0.05) is 13.0 Å². The summed E-state index contributed by atoms with van der Waals surface area (Å²) in [5, 5.41) is 6.10. The summed E-state index contributed by atoms with van der Waals surface area (Å²) in [7, 11) is 0. The van der Waals surface area contributed by atoms with E-state index in [-0.39, 0.29) is 5.91 Å². The Kier molecular flexibility index (Phi) is 4.40. The van der Waals surface area contributed by atoms with Crippen molar-refractivity contribution in [2.24, 2.45) is 0 Å². The highest BCUT2D eigenvalue weighted by Crippen LogP contribution is 2.20. The number of imidazole rings is 1. The van der Waals surface area contributed by atoms with Crippen molar-refractivity contribution in [3.8, 4) is 5.69 Å². The van der Waals surface area contributed by atoms with Crippen molar-refractivity contribution < 1.29 is 4.79 Å². The van der Waals surface area contributed by atoms with Gasteiger partial charge < -0.3 is 10.6 Å². The molecule has 2 aromatic rings. The lowest BCUT2D eigenvalue weighted by Crippen LogP contribution is -2.08. The Morgan fingerprint density at radius 2 is 2.20 bits per heavy atom. The first-order chi connectivity index (χ1) is 9.60. The highest BCUT2D eigenvalue weighted by Gasteiger charge is 2.07. The van der Waals surface area contributed by atoms with E-state index >= 15 is 0 Å². The second-order valence-corrected chi connectivity index (χ2v) is 4.73. The highest BCUT2D eigenvalue weighted by molar-refractivity contribution is 5.88. The van der Waals surface area contributed by atoms with Crippen molar-refractivity contribution in [2.75, 3.05) is 17.2 Å². The van der Waals surface area contributed by atoms with E-state index in [2.05, 4.69) is 22.5 Å². The maximum Gasteiger partial charge on any atom is 0.221 e. The van der Waals surface area contributed by atoms with Gasteiger partial charge in [-0.3, -0.25) is 9.36 Å². The summed E-state index contributed by atoms with van der Waals surface area (Å²) >= 11 is 0. The molecule has 1 amide bonds. The zero-order chi connectivity index (χ0) is 14.5. The van der Waals surface area contributed by atoms with Crippen molar-refractivity contribution in [1.82, 2.24) is 9.55 Å². The molecule has 0 aliphatic rings. The Morgan fingerprint density at radius 1 is 1.40 bits per heavy atom. The topological polar surface area (TPSA) is 59.0 Å². The number of amides is 1. The van der Waals surface area contributed by atoms with E-state index in [9.17, 15) is 4.79 Å². The number of hydrogen-bond donors (Lipinski definition) is 2. The number of anilines is 2. The van der Waals surface area contributed by atoms with Gasteiger partial charge in [-0.05, 0) is 31.5 Å². The quantitative estimate of drug-likeness (QED) is 0.879. The zero-order valence-electron chi connectivity index (χ0n) is 12.1.